The Morgan fingerprint density at radius 1 is 0.519 bits per heavy atom. The minimum atomic E-state index is -1.80. The molecule has 0 saturated heterocycles. The molecule has 0 aromatic heterocycles. The van der Waals surface area contributed by atoms with Crippen LogP contribution in [-0.2, 0) is 0 Å². The standard InChI is InChI=1S/C17H10O10/c18-13(19)8-2-1-6(5-10(8)15(22)23)7-3-4-9(14(20)21)12(17(26)27)11(7)16(24)25/h1-5H,(H,18,19)(H,20,21)(H,22,23)(H,24,25)(H,26,27). The highest BCUT2D eigenvalue weighted by Gasteiger charge is 2.28. The van der Waals surface area contributed by atoms with Crippen LogP contribution in [-0.4, -0.2) is 55.4 Å². The lowest BCUT2D eigenvalue weighted by Gasteiger charge is -2.13. The fourth-order valence-corrected chi connectivity index (χ4v) is 2.54. The van der Waals surface area contributed by atoms with Crippen molar-refractivity contribution < 1.29 is 49.5 Å². The molecule has 0 unspecified atom stereocenters. The van der Waals surface area contributed by atoms with Gasteiger partial charge in [0, 0.05) is 0 Å². The van der Waals surface area contributed by atoms with Crippen molar-refractivity contribution in [1.82, 2.24) is 0 Å². The van der Waals surface area contributed by atoms with Crippen molar-refractivity contribution in [3.63, 3.8) is 0 Å². The fourth-order valence-electron chi connectivity index (χ4n) is 2.54. The first-order valence-electron chi connectivity index (χ1n) is 7.04. The van der Waals surface area contributed by atoms with E-state index in [1.54, 1.807) is 0 Å². The van der Waals surface area contributed by atoms with Gasteiger partial charge in [-0.05, 0) is 29.3 Å². The molecule has 0 atom stereocenters. The molecule has 0 heterocycles. The van der Waals surface area contributed by atoms with Crippen LogP contribution in [0.15, 0.2) is 30.3 Å². The highest BCUT2D eigenvalue weighted by Crippen LogP contribution is 2.31. The molecule has 138 valence electrons. The summed E-state index contributed by atoms with van der Waals surface area (Å²) in [7, 11) is 0. The van der Waals surface area contributed by atoms with Gasteiger partial charge in [0.2, 0.25) is 0 Å². The molecular weight excluding hydrogens is 364 g/mol. The summed E-state index contributed by atoms with van der Waals surface area (Å²) in [6.07, 6.45) is 0. The smallest absolute Gasteiger partial charge is 0.337 e. The van der Waals surface area contributed by atoms with Gasteiger partial charge in [0.1, 0.15) is 0 Å². The van der Waals surface area contributed by atoms with Crippen LogP contribution in [0.4, 0.5) is 0 Å². The van der Waals surface area contributed by atoms with E-state index in [-0.39, 0.29) is 11.1 Å². The van der Waals surface area contributed by atoms with Crippen molar-refractivity contribution in [2.45, 2.75) is 0 Å². The summed E-state index contributed by atoms with van der Waals surface area (Å²) in [5.41, 5.74) is -4.17. The van der Waals surface area contributed by atoms with Crippen LogP contribution >= 0.6 is 0 Å². The number of carboxylic acids is 5. The van der Waals surface area contributed by atoms with Gasteiger partial charge in [-0.25, -0.2) is 24.0 Å². The zero-order valence-electron chi connectivity index (χ0n) is 13.2. The van der Waals surface area contributed by atoms with E-state index in [0.717, 1.165) is 30.3 Å². The molecule has 0 fully saturated rings. The number of benzene rings is 2. The lowest BCUT2D eigenvalue weighted by molar-refractivity contribution is 0.0633. The molecule has 10 heteroatoms. The maximum atomic E-state index is 11.6. The molecule has 5 N–H and O–H groups in total. The largest absolute Gasteiger partial charge is 0.478 e. The number of hydrogen-bond donors (Lipinski definition) is 5. The first-order chi connectivity index (χ1) is 12.6. The van der Waals surface area contributed by atoms with E-state index >= 15 is 0 Å². The summed E-state index contributed by atoms with van der Waals surface area (Å²) in [6, 6.07) is 4.79. The molecule has 2 aromatic rings. The molecule has 27 heavy (non-hydrogen) atoms. The topological polar surface area (TPSA) is 186 Å². The Hall–Kier alpha value is -4.21. The molecule has 0 amide bonds. The zero-order chi connectivity index (χ0) is 20.5. The number of aromatic carboxylic acids is 5. The monoisotopic (exact) mass is 374 g/mol. The Balaban J connectivity index is 2.89. The Kier molecular flexibility index (Phi) is 4.93. The molecular formula is C17H10O10. The highest BCUT2D eigenvalue weighted by atomic mass is 16.4. The Morgan fingerprint density at radius 2 is 1.00 bits per heavy atom. The van der Waals surface area contributed by atoms with Gasteiger partial charge < -0.3 is 25.5 Å². The first-order valence-corrected chi connectivity index (χ1v) is 7.04. The van der Waals surface area contributed by atoms with Crippen LogP contribution in [0, 0.1) is 0 Å². The van der Waals surface area contributed by atoms with E-state index < -0.39 is 57.7 Å². The molecule has 0 aliphatic carbocycles. The fraction of sp³-hybridized carbons (Fsp3) is 0. The second-order valence-corrected chi connectivity index (χ2v) is 5.20. The minimum Gasteiger partial charge on any atom is -0.478 e. The van der Waals surface area contributed by atoms with E-state index in [0.29, 0.717) is 0 Å². The predicted molar refractivity (Wildman–Crippen MR) is 86.7 cm³/mol. The van der Waals surface area contributed by atoms with Gasteiger partial charge in [-0.2, -0.15) is 0 Å². The van der Waals surface area contributed by atoms with Gasteiger partial charge >= 0.3 is 29.8 Å². The van der Waals surface area contributed by atoms with Crippen LogP contribution in [0.1, 0.15) is 51.8 Å². The second-order valence-electron chi connectivity index (χ2n) is 5.20. The molecule has 0 spiro atoms. The third-order valence-corrected chi connectivity index (χ3v) is 3.65. The van der Waals surface area contributed by atoms with Crippen LogP contribution in [0.5, 0.6) is 0 Å². The maximum absolute atomic E-state index is 11.6. The molecule has 0 radical (unpaired) electrons. The van der Waals surface area contributed by atoms with Crippen molar-refractivity contribution in [1.29, 1.82) is 0 Å². The van der Waals surface area contributed by atoms with Crippen LogP contribution in [0.2, 0.25) is 0 Å². The average molecular weight is 374 g/mol. The SMILES string of the molecule is O=C(O)c1ccc(-c2ccc(C(=O)O)c(C(=O)O)c2C(=O)O)cc1C(=O)O. The van der Waals surface area contributed by atoms with Crippen molar-refractivity contribution in [2.24, 2.45) is 0 Å². The van der Waals surface area contributed by atoms with Gasteiger partial charge in [-0.15, -0.1) is 0 Å². The summed E-state index contributed by atoms with van der Waals surface area (Å²) < 4.78 is 0. The quantitative estimate of drug-likeness (QED) is 0.499. The molecule has 0 aliphatic rings. The number of carboxylic acid groups (broad SMARTS) is 5. The van der Waals surface area contributed by atoms with Crippen molar-refractivity contribution >= 4 is 29.8 Å². The molecule has 2 aromatic carbocycles. The number of carbonyl (C=O) groups is 5. The second kappa shape index (κ2) is 6.96. The molecule has 10 nitrogen and oxygen atoms in total. The van der Waals surface area contributed by atoms with Gasteiger partial charge in [-0.3, -0.25) is 0 Å². The number of hydrogen-bond acceptors (Lipinski definition) is 5. The Bertz CT molecular complexity index is 1020. The lowest BCUT2D eigenvalue weighted by Crippen LogP contribution is -2.16. The third-order valence-electron chi connectivity index (χ3n) is 3.65. The summed E-state index contributed by atoms with van der Waals surface area (Å²) in [5, 5.41) is 46.0. The molecule has 0 saturated carbocycles. The van der Waals surface area contributed by atoms with Crippen LogP contribution in [0.3, 0.4) is 0 Å². The zero-order valence-corrected chi connectivity index (χ0v) is 13.2. The third kappa shape index (κ3) is 3.44. The van der Waals surface area contributed by atoms with E-state index in [9.17, 15) is 39.3 Å². The van der Waals surface area contributed by atoms with Crippen molar-refractivity contribution in [3.05, 3.63) is 58.1 Å². The normalized spacial score (nSPS) is 10.2. The molecule has 0 bridgehead atoms. The van der Waals surface area contributed by atoms with Crippen molar-refractivity contribution in [3.8, 4) is 11.1 Å². The molecule has 0 aliphatic heterocycles. The van der Waals surface area contributed by atoms with Gasteiger partial charge in [0.15, 0.2) is 0 Å². The van der Waals surface area contributed by atoms with E-state index in [1.165, 1.54) is 0 Å². The summed E-state index contributed by atoms with van der Waals surface area (Å²) >= 11 is 0. The van der Waals surface area contributed by atoms with E-state index in [4.69, 9.17) is 10.2 Å². The highest BCUT2D eigenvalue weighted by molar-refractivity contribution is 6.13. The van der Waals surface area contributed by atoms with Gasteiger partial charge in [-0.1, -0.05) is 12.1 Å². The van der Waals surface area contributed by atoms with Gasteiger partial charge in [0.25, 0.3) is 0 Å². The first kappa shape index (κ1) is 19.1. The Labute approximate surface area is 149 Å². The van der Waals surface area contributed by atoms with E-state index in [1.807, 2.05) is 0 Å². The van der Waals surface area contributed by atoms with Crippen LogP contribution < -0.4 is 0 Å². The summed E-state index contributed by atoms with van der Waals surface area (Å²) in [4.78, 5) is 56.7. The maximum Gasteiger partial charge on any atom is 0.337 e. The lowest BCUT2D eigenvalue weighted by atomic mass is 9.90. The Morgan fingerprint density at radius 3 is 1.44 bits per heavy atom. The van der Waals surface area contributed by atoms with Crippen molar-refractivity contribution in [2.75, 3.05) is 0 Å². The van der Waals surface area contributed by atoms with E-state index in [2.05, 4.69) is 0 Å². The van der Waals surface area contributed by atoms with Gasteiger partial charge in [0.05, 0.1) is 27.8 Å². The minimum absolute atomic E-state index is 0.103. The molecule has 2 rings (SSSR count). The average Bonchev–Trinajstić information content (AvgIpc) is 2.59. The van der Waals surface area contributed by atoms with Crippen LogP contribution in [0.25, 0.3) is 11.1 Å². The summed E-state index contributed by atoms with van der Waals surface area (Å²) in [5.74, 6) is -8.32. The predicted octanol–water partition coefficient (Wildman–Crippen LogP) is 1.84. The summed E-state index contributed by atoms with van der Waals surface area (Å²) in [6.45, 7) is 0. The number of rotatable bonds is 6.